The van der Waals surface area contributed by atoms with E-state index in [1.54, 1.807) is 0 Å². The molecule has 0 bridgehead atoms. The quantitative estimate of drug-likeness (QED) is 0.797. The Morgan fingerprint density at radius 3 is 2.95 bits per heavy atom. The van der Waals surface area contributed by atoms with Gasteiger partial charge in [0.15, 0.2) is 11.5 Å². The van der Waals surface area contributed by atoms with Gasteiger partial charge in [-0.1, -0.05) is 22.0 Å². The van der Waals surface area contributed by atoms with E-state index >= 15 is 0 Å². The molecule has 0 N–H and O–H groups in total. The molecule has 1 aromatic rings. The van der Waals surface area contributed by atoms with E-state index in [9.17, 15) is 4.79 Å². The van der Waals surface area contributed by atoms with Gasteiger partial charge in [-0.2, -0.15) is 0 Å². The van der Waals surface area contributed by atoms with E-state index in [2.05, 4.69) is 15.9 Å². The molecule has 2 aliphatic heterocycles. The lowest BCUT2D eigenvalue weighted by atomic mass is 10.1. The maximum atomic E-state index is 11.8. The molecule has 5 heteroatoms. The first kappa shape index (κ1) is 12.8. The van der Waals surface area contributed by atoms with E-state index in [1.807, 2.05) is 23.1 Å². The van der Waals surface area contributed by atoms with Crippen LogP contribution in [0.15, 0.2) is 18.2 Å². The summed E-state index contributed by atoms with van der Waals surface area (Å²) in [5.41, 5.74) is 1.18. The van der Waals surface area contributed by atoms with E-state index < -0.39 is 0 Å². The molecule has 0 radical (unpaired) electrons. The van der Waals surface area contributed by atoms with Crippen molar-refractivity contribution in [1.82, 2.24) is 4.90 Å². The molecule has 4 nitrogen and oxygen atoms in total. The number of hydrogen-bond donors (Lipinski definition) is 0. The van der Waals surface area contributed by atoms with Gasteiger partial charge in [0, 0.05) is 24.8 Å². The van der Waals surface area contributed by atoms with E-state index in [0.29, 0.717) is 19.1 Å². The van der Waals surface area contributed by atoms with Crippen LogP contribution in [0.4, 0.5) is 0 Å². The van der Waals surface area contributed by atoms with Crippen molar-refractivity contribution in [2.75, 3.05) is 25.2 Å². The van der Waals surface area contributed by atoms with Crippen LogP contribution in [0.2, 0.25) is 0 Å². The molecular weight excluding hydrogens is 310 g/mol. The number of benzene rings is 1. The molecule has 3 rings (SSSR count). The second kappa shape index (κ2) is 5.41. The van der Waals surface area contributed by atoms with Crippen LogP contribution in [0, 0.1) is 5.92 Å². The maximum absolute atomic E-state index is 11.8. The summed E-state index contributed by atoms with van der Waals surface area (Å²) in [5.74, 6) is 2.35. The Bertz CT molecular complexity index is 492. The van der Waals surface area contributed by atoms with Gasteiger partial charge in [-0.15, -0.1) is 0 Å². The molecule has 1 atom stereocenters. The van der Waals surface area contributed by atoms with Crippen LogP contribution in [-0.4, -0.2) is 36.0 Å². The number of amides is 1. The average molecular weight is 326 g/mol. The summed E-state index contributed by atoms with van der Waals surface area (Å²) >= 11 is 3.45. The minimum Gasteiger partial charge on any atom is -0.454 e. The zero-order chi connectivity index (χ0) is 13.2. The van der Waals surface area contributed by atoms with Gasteiger partial charge in [0.25, 0.3) is 0 Å². The van der Waals surface area contributed by atoms with Crippen LogP contribution in [0.25, 0.3) is 0 Å². The predicted molar refractivity (Wildman–Crippen MR) is 74.8 cm³/mol. The fourth-order valence-electron chi connectivity index (χ4n) is 2.53. The summed E-state index contributed by atoms with van der Waals surface area (Å²) in [6, 6.07) is 5.98. The fourth-order valence-corrected chi connectivity index (χ4v) is 2.97. The number of ether oxygens (including phenoxy) is 2. The molecule has 102 valence electrons. The smallest absolute Gasteiger partial charge is 0.231 e. The molecule has 1 amide bonds. The van der Waals surface area contributed by atoms with Gasteiger partial charge in [0.1, 0.15) is 0 Å². The molecule has 1 unspecified atom stereocenters. The minimum atomic E-state index is 0.269. The molecule has 2 heterocycles. The zero-order valence-electron chi connectivity index (χ0n) is 10.6. The molecule has 19 heavy (non-hydrogen) atoms. The molecule has 1 aromatic carbocycles. The number of nitrogens with zero attached hydrogens (tertiary/aromatic N) is 1. The lowest BCUT2D eigenvalue weighted by Crippen LogP contribution is -2.27. The second-order valence-corrected chi connectivity index (χ2v) is 5.65. The van der Waals surface area contributed by atoms with Gasteiger partial charge >= 0.3 is 0 Å². The Kier molecular flexibility index (Phi) is 3.64. The number of halogens is 1. The van der Waals surface area contributed by atoms with Crippen LogP contribution in [-0.2, 0) is 11.2 Å². The Balaban J connectivity index is 1.59. The lowest BCUT2D eigenvalue weighted by Gasteiger charge is -2.16. The second-order valence-electron chi connectivity index (χ2n) is 5.00. The van der Waals surface area contributed by atoms with Crippen LogP contribution in [0.3, 0.4) is 0 Å². The summed E-state index contributed by atoms with van der Waals surface area (Å²) in [7, 11) is 0. The molecule has 0 saturated carbocycles. The number of hydrogen-bond acceptors (Lipinski definition) is 3. The van der Waals surface area contributed by atoms with E-state index in [-0.39, 0.29) is 5.91 Å². The van der Waals surface area contributed by atoms with Crippen molar-refractivity contribution >= 4 is 21.8 Å². The monoisotopic (exact) mass is 325 g/mol. The van der Waals surface area contributed by atoms with E-state index in [0.717, 1.165) is 36.3 Å². The van der Waals surface area contributed by atoms with Gasteiger partial charge < -0.3 is 14.4 Å². The van der Waals surface area contributed by atoms with Crippen molar-refractivity contribution in [2.45, 2.75) is 12.8 Å². The number of fused-ring (bicyclic) bond motifs is 1. The molecule has 2 aliphatic rings. The minimum absolute atomic E-state index is 0.269. The SMILES string of the molecule is O=C1CC(CBr)CN1CCc1ccc2c(c1)OCO2. The Morgan fingerprint density at radius 2 is 2.16 bits per heavy atom. The molecule has 0 aliphatic carbocycles. The highest BCUT2D eigenvalue weighted by atomic mass is 79.9. The van der Waals surface area contributed by atoms with Crippen molar-refractivity contribution in [2.24, 2.45) is 5.92 Å². The van der Waals surface area contributed by atoms with Crippen LogP contribution in [0.5, 0.6) is 11.5 Å². The van der Waals surface area contributed by atoms with Crippen molar-refractivity contribution < 1.29 is 14.3 Å². The van der Waals surface area contributed by atoms with Gasteiger partial charge in [-0.05, 0) is 30.0 Å². The third kappa shape index (κ3) is 2.71. The fraction of sp³-hybridized carbons (Fsp3) is 0.500. The Hall–Kier alpha value is -1.23. The van der Waals surface area contributed by atoms with Crippen molar-refractivity contribution in [1.29, 1.82) is 0 Å². The number of carbonyl (C=O) groups excluding carboxylic acids is 1. The first-order valence-electron chi connectivity index (χ1n) is 6.48. The number of carbonyl (C=O) groups is 1. The van der Waals surface area contributed by atoms with Gasteiger partial charge in [0.05, 0.1) is 0 Å². The topological polar surface area (TPSA) is 38.8 Å². The third-order valence-electron chi connectivity index (χ3n) is 3.62. The van der Waals surface area contributed by atoms with Crippen LogP contribution in [0.1, 0.15) is 12.0 Å². The van der Waals surface area contributed by atoms with Gasteiger partial charge in [-0.25, -0.2) is 0 Å². The zero-order valence-corrected chi connectivity index (χ0v) is 12.2. The van der Waals surface area contributed by atoms with E-state index in [4.69, 9.17) is 9.47 Å². The highest BCUT2D eigenvalue weighted by molar-refractivity contribution is 9.09. The Labute approximate surface area is 120 Å². The number of rotatable bonds is 4. The highest BCUT2D eigenvalue weighted by Crippen LogP contribution is 2.32. The van der Waals surface area contributed by atoms with Gasteiger partial charge in [-0.3, -0.25) is 4.79 Å². The molecular formula is C14H16BrNO3. The third-order valence-corrected chi connectivity index (χ3v) is 4.54. The molecule has 0 spiro atoms. The summed E-state index contributed by atoms with van der Waals surface area (Å²) in [4.78, 5) is 13.8. The first-order valence-corrected chi connectivity index (χ1v) is 7.60. The Morgan fingerprint density at radius 1 is 1.32 bits per heavy atom. The van der Waals surface area contributed by atoms with Gasteiger partial charge in [0.2, 0.25) is 12.7 Å². The van der Waals surface area contributed by atoms with Crippen LogP contribution >= 0.6 is 15.9 Å². The maximum Gasteiger partial charge on any atom is 0.231 e. The number of likely N-dealkylation sites (tertiary alicyclic amines) is 1. The average Bonchev–Trinajstić information content (AvgIpc) is 3.02. The van der Waals surface area contributed by atoms with E-state index in [1.165, 1.54) is 5.56 Å². The summed E-state index contributed by atoms with van der Waals surface area (Å²) < 4.78 is 10.6. The van der Waals surface area contributed by atoms with Crippen molar-refractivity contribution in [3.63, 3.8) is 0 Å². The first-order chi connectivity index (χ1) is 9.26. The highest BCUT2D eigenvalue weighted by Gasteiger charge is 2.28. The standard InChI is InChI=1S/C14H16BrNO3/c15-7-11-6-14(17)16(8-11)4-3-10-1-2-12-13(5-10)19-9-18-12/h1-2,5,11H,3-4,6-9H2. The molecule has 1 fully saturated rings. The molecule has 0 aromatic heterocycles. The largest absolute Gasteiger partial charge is 0.454 e. The predicted octanol–water partition coefficient (Wildman–Crippen LogP) is 2.20. The molecule has 1 saturated heterocycles. The summed E-state index contributed by atoms with van der Waals surface area (Å²) in [5, 5.41) is 0.902. The van der Waals surface area contributed by atoms with Crippen molar-refractivity contribution in [3.05, 3.63) is 23.8 Å². The van der Waals surface area contributed by atoms with Crippen LogP contribution < -0.4 is 9.47 Å². The normalized spacial score (nSPS) is 21.2. The van der Waals surface area contributed by atoms with Crippen molar-refractivity contribution in [3.8, 4) is 11.5 Å². The summed E-state index contributed by atoms with van der Waals surface area (Å²) in [6.45, 7) is 1.95. The summed E-state index contributed by atoms with van der Waals surface area (Å²) in [6.07, 6.45) is 1.53. The number of alkyl halides is 1. The lowest BCUT2D eigenvalue weighted by molar-refractivity contribution is -0.127.